The summed E-state index contributed by atoms with van der Waals surface area (Å²) in [5.41, 5.74) is -0.461. The smallest absolute Gasteiger partial charge is 0.129 e. The molecular weight excluding hydrogens is 246 g/mol. The predicted molar refractivity (Wildman–Crippen MR) is 71.6 cm³/mol. The topological polar surface area (TPSA) is 35.8 Å². The molecule has 1 N–H and O–H groups in total. The fourth-order valence-electron chi connectivity index (χ4n) is 1.86. The molecular formula is C15H20F2N2. The highest BCUT2D eigenvalue weighted by Gasteiger charge is 2.25. The fourth-order valence-corrected chi connectivity index (χ4v) is 1.86. The highest BCUT2D eigenvalue weighted by atomic mass is 19.1. The summed E-state index contributed by atoms with van der Waals surface area (Å²) in [4.78, 5) is 0. The van der Waals surface area contributed by atoms with Gasteiger partial charge >= 0.3 is 0 Å². The third-order valence-electron chi connectivity index (χ3n) is 3.10. The molecule has 0 bridgehead atoms. The minimum atomic E-state index is -0.573. The van der Waals surface area contributed by atoms with E-state index in [9.17, 15) is 8.78 Å². The van der Waals surface area contributed by atoms with E-state index in [2.05, 4.69) is 11.4 Å². The number of hydrogen-bond donors (Lipinski definition) is 1. The van der Waals surface area contributed by atoms with Gasteiger partial charge in [-0.1, -0.05) is 19.9 Å². The van der Waals surface area contributed by atoms with Gasteiger partial charge in [-0.2, -0.15) is 5.26 Å². The van der Waals surface area contributed by atoms with E-state index in [0.29, 0.717) is 18.7 Å². The fraction of sp³-hybridized carbons (Fsp3) is 0.533. The van der Waals surface area contributed by atoms with Crippen LogP contribution in [0.5, 0.6) is 0 Å². The van der Waals surface area contributed by atoms with Gasteiger partial charge in [-0.05, 0) is 25.5 Å². The Balaban J connectivity index is 2.74. The molecule has 0 heterocycles. The number of rotatable bonds is 5. The van der Waals surface area contributed by atoms with Gasteiger partial charge < -0.3 is 5.32 Å². The Bertz CT molecular complexity index is 487. The van der Waals surface area contributed by atoms with E-state index < -0.39 is 22.5 Å². The van der Waals surface area contributed by atoms with Crippen LogP contribution in [0.1, 0.15) is 33.3 Å². The molecule has 1 aromatic carbocycles. The molecule has 0 fully saturated rings. The molecule has 4 heteroatoms. The normalized spacial score (nSPS) is 12.3. The van der Waals surface area contributed by atoms with Gasteiger partial charge in [0, 0.05) is 24.6 Å². The zero-order valence-corrected chi connectivity index (χ0v) is 11.8. The standard InChI is InChI=1S/C15H20F2N2/c1-14(2,8-18)9-19-10-15(3,4)12-6-5-11(16)7-13(12)17/h5-7,19H,9-10H2,1-4H3. The Kier molecular flexibility index (Phi) is 4.65. The number of nitrogens with one attached hydrogen (secondary N) is 1. The molecule has 0 radical (unpaired) electrons. The first-order chi connectivity index (χ1) is 8.68. The van der Waals surface area contributed by atoms with Crippen LogP contribution in [0, 0.1) is 28.4 Å². The summed E-state index contributed by atoms with van der Waals surface area (Å²) in [6, 6.07) is 5.84. The summed E-state index contributed by atoms with van der Waals surface area (Å²) < 4.78 is 26.7. The Morgan fingerprint density at radius 3 is 2.32 bits per heavy atom. The van der Waals surface area contributed by atoms with E-state index in [1.807, 2.05) is 27.7 Å². The van der Waals surface area contributed by atoms with Crippen LogP contribution in [0.15, 0.2) is 18.2 Å². The predicted octanol–water partition coefficient (Wildman–Crippen LogP) is 3.38. The van der Waals surface area contributed by atoms with Crippen molar-refractivity contribution in [3.05, 3.63) is 35.4 Å². The van der Waals surface area contributed by atoms with Crippen molar-refractivity contribution in [1.29, 1.82) is 5.26 Å². The van der Waals surface area contributed by atoms with E-state index in [1.165, 1.54) is 12.1 Å². The van der Waals surface area contributed by atoms with Gasteiger partial charge in [-0.3, -0.25) is 0 Å². The number of halogens is 2. The Labute approximate surface area is 113 Å². The maximum Gasteiger partial charge on any atom is 0.129 e. The van der Waals surface area contributed by atoms with Crippen molar-refractivity contribution in [1.82, 2.24) is 5.32 Å². The lowest BCUT2D eigenvalue weighted by Gasteiger charge is -2.28. The maximum atomic E-state index is 13.8. The third kappa shape index (κ3) is 4.29. The first-order valence-corrected chi connectivity index (χ1v) is 6.25. The number of benzene rings is 1. The molecule has 0 saturated heterocycles. The average molecular weight is 266 g/mol. The molecule has 0 aliphatic carbocycles. The maximum absolute atomic E-state index is 13.8. The molecule has 104 valence electrons. The lowest BCUT2D eigenvalue weighted by atomic mass is 9.83. The average Bonchev–Trinajstić information content (AvgIpc) is 2.27. The SMILES string of the molecule is CC(C)(C#N)CNCC(C)(C)c1ccc(F)cc1F. The van der Waals surface area contributed by atoms with Gasteiger partial charge in [0.2, 0.25) is 0 Å². The van der Waals surface area contributed by atoms with Crippen molar-refractivity contribution in [2.24, 2.45) is 5.41 Å². The van der Waals surface area contributed by atoms with Crippen LogP contribution in [-0.2, 0) is 5.41 Å². The van der Waals surface area contributed by atoms with E-state index >= 15 is 0 Å². The molecule has 1 aromatic rings. The molecule has 0 atom stereocenters. The summed E-state index contributed by atoms with van der Waals surface area (Å²) in [6.45, 7) is 8.48. The molecule has 0 amide bonds. The molecule has 0 unspecified atom stereocenters. The molecule has 19 heavy (non-hydrogen) atoms. The third-order valence-corrected chi connectivity index (χ3v) is 3.10. The quantitative estimate of drug-likeness (QED) is 0.886. The monoisotopic (exact) mass is 266 g/mol. The zero-order valence-electron chi connectivity index (χ0n) is 11.8. The van der Waals surface area contributed by atoms with Crippen molar-refractivity contribution >= 4 is 0 Å². The van der Waals surface area contributed by atoms with Gasteiger partial charge in [0.15, 0.2) is 0 Å². The highest BCUT2D eigenvalue weighted by molar-refractivity contribution is 5.26. The minimum absolute atomic E-state index is 0.461. The van der Waals surface area contributed by atoms with Crippen molar-refractivity contribution in [3.8, 4) is 6.07 Å². The minimum Gasteiger partial charge on any atom is -0.314 e. The van der Waals surface area contributed by atoms with Crippen LogP contribution in [0.25, 0.3) is 0 Å². The summed E-state index contributed by atoms with van der Waals surface area (Å²) >= 11 is 0. The van der Waals surface area contributed by atoms with Crippen molar-refractivity contribution < 1.29 is 8.78 Å². The Morgan fingerprint density at radius 2 is 1.79 bits per heavy atom. The highest BCUT2D eigenvalue weighted by Crippen LogP contribution is 2.26. The van der Waals surface area contributed by atoms with Crippen LogP contribution >= 0.6 is 0 Å². The number of nitriles is 1. The molecule has 0 spiro atoms. The van der Waals surface area contributed by atoms with Crippen LogP contribution in [0.3, 0.4) is 0 Å². The van der Waals surface area contributed by atoms with Crippen LogP contribution in [0.2, 0.25) is 0 Å². The first kappa shape index (κ1) is 15.6. The van der Waals surface area contributed by atoms with E-state index in [4.69, 9.17) is 5.26 Å². The van der Waals surface area contributed by atoms with Gasteiger partial charge in [0.05, 0.1) is 11.5 Å². The zero-order chi connectivity index (χ0) is 14.7. The lowest BCUT2D eigenvalue weighted by Crippen LogP contribution is -2.38. The van der Waals surface area contributed by atoms with Crippen molar-refractivity contribution in [3.63, 3.8) is 0 Å². The number of nitrogens with zero attached hydrogens (tertiary/aromatic N) is 1. The van der Waals surface area contributed by atoms with Crippen molar-refractivity contribution in [2.75, 3.05) is 13.1 Å². The molecule has 0 aliphatic heterocycles. The second kappa shape index (κ2) is 5.66. The molecule has 0 aromatic heterocycles. The van der Waals surface area contributed by atoms with Gasteiger partial charge in [-0.25, -0.2) is 8.78 Å². The van der Waals surface area contributed by atoms with Crippen LogP contribution in [0.4, 0.5) is 8.78 Å². The van der Waals surface area contributed by atoms with E-state index in [0.717, 1.165) is 6.07 Å². The van der Waals surface area contributed by atoms with Crippen molar-refractivity contribution in [2.45, 2.75) is 33.1 Å². The summed E-state index contributed by atoms with van der Waals surface area (Å²) in [7, 11) is 0. The van der Waals surface area contributed by atoms with E-state index in [-0.39, 0.29) is 0 Å². The molecule has 0 saturated carbocycles. The van der Waals surface area contributed by atoms with Gasteiger partial charge in [-0.15, -0.1) is 0 Å². The lowest BCUT2D eigenvalue weighted by molar-refractivity contribution is 0.388. The summed E-state index contributed by atoms with van der Waals surface area (Å²) in [5, 5.41) is 12.1. The van der Waals surface area contributed by atoms with Crippen LogP contribution < -0.4 is 5.32 Å². The second-order valence-electron chi connectivity index (χ2n) is 6.11. The molecule has 1 rings (SSSR count). The second-order valence-corrected chi connectivity index (χ2v) is 6.11. The molecule has 0 aliphatic rings. The molecule has 2 nitrogen and oxygen atoms in total. The summed E-state index contributed by atoms with van der Waals surface area (Å²) in [6.07, 6.45) is 0. The van der Waals surface area contributed by atoms with Gasteiger partial charge in [0.25, 0.3) is 0 Å². The Morgan fingerprint density at radius 1 is 1.16 bits per heavy atom. The summed E-state index contributed by atoms with van der Waals surface area (Å²) in [5.74, 6) is -1.11. The Hall–Kier alpha value is -1.47. The first-order valence-electron chi connectivity index (χ1n) is 6.25. The largest absolute Gasteiger partial charge is 0.314 e. The van der Waals surface area contributed by atoms with E-state index in [1.54, 1.807) is 0 Å². The number of hydrogen-bond acceptors (Lipinski definition) is 2. The van der Waals surface area contributed by atoms with Crippen LogP contribution in [-0.4, -0.2) is 13.1 Å². The van der Waals surface area contributed by atoms with Gasteiger partial charge in [0.1, 0.15) is 11.6 Å².